The number of amides is 1. The second-order valence-corrected chi connectivity index (χ2v) is 9.82. The zero-order valence-electron chi connectivity index (χ0n) is 20.4. The number of aromatic nitrogens is 2. The second-order valence-electron chi connectivity index (χ2n) is 8.97. The standard InChI is InChI=1S/C29H27Cl2N3O3/c1-20-26(19-33(18-24-10-7-17-36-24)28(35)25-11-5-6-12-27(25)31)29(37-23-8-3-2-4-9-23)34(32-20)22-15-13-21(30)14-16-22/h2-6,8-9,11-16,24H,7,10,17-19H2,1H3. The van der Waals surface area contributed by atoms with Crippen LogP contribution in [0.1, 0.15) is 34.5 Å². The molecule has 1 aliphatic rings. The first-order chi connectivity index (χ1) is 18.0. The minimum absolute atomic E-state index is 0.0310. The normalized spacial score (nSPS) is 15.1. The first-order valence-corrected chi connectivity index (χ1v) is 13.0. The van der Waals surface area contributed by atoms with Crippen LogP contribution in [0.5, 0.6) is 11.6 Å². The molecule has 1 atom stereocenters. The summed E-state index contributed by atoms with van der Waals surface area (Å²) < 4.78 is 14.0. The Morgan fingerprint density at radius 3 is 2.49 bits per heavy atom. The van der Waals surface area contributed by atoms with Crippen molar-refractivity contribution in [1.29, 1.82) is 0 Å². The van der Waals surface area contributed by atoms with Crippen LogP contribution in [0.15, 0.2) is 78.9 Å². The third-order valence-corrected chi connectivity index (χ3v) is 6.94. The Bertz CT molecular complexity index is 1370. The first kappa shape index (κ1) is 25.3. The number of ether oxygens (including phenoxy) is 2. The third kappa shape index (κ3) is 5.82. The maximum atomic E-state index is 13.8. The number of rotatable bonds is 8. The Labute approximate surface area is 226 Å². The molecule has 1 aliphatic heterocycles. The van der Waals surface area contributed by atoms with Gasteiger partial charge in [0.05, 0.1) is 40.2 Å². The quantitative estimate of drug-likeness (QED) is 0.241. The third-order valence-electron chi connectivity index (χ3n) is 6.35. The van der Waals surface area contributed by atoms with Gasteiger partial charge in [-0.15, -0.1) is 0 Å². The number of hydrogen-bond acceptors (Lipinski definition) is 4. The van der Waals surface area contributed by atoms with Gasteiger partial charge >= 0.3 is 0 Å². The molecule has 1 amide bonds. The van der Waals surface area contributed by atoms with Gasteiger partial charge in [-0.2, -0.15) is 5.10 Å². The van der Waals surface area contributed by atoms with Crippen LogP contribution in [-0.2, 0) is 11.3 Å². The molecule has 2 heterocycles. The van der Waals surface area contributed by atoms with Gasteiger partial charge in [0.1, 0.15) is 5.75 Å². The molecular weight excluding hydrogens is 509 g/mol. The van der Waals surface area contributed by atoms with Gasteiger partial charge in [0, 0.05) is 18.2 Å². The van der Waals surface area contributed by atoms with Gasteiger partial charge in [0.15, 0.2) is 0 Å². The van der Waals surface area contributed by atoms with Gasteiger partial charge in [0.2, 0.25) is 5.88 Å². The fourth-order valence-corrected chi connectivity index (χ4v) is 4.77. The van der Waals surface area contributed by atoms with Gasteiger partial charge in [-0.3, -0.25) is 4.79 Å². The van der Waals surface area contributed by atoms with Crippen LogP contribution < -0.4 is 4.74 Å². The molecule has 1 saturated heterocycles. The molecule has 1 unspecified atom stereocenters. The number of para-hydroxylation sites is 1. The lowest BCUT2D eigenvalue weighted by atomic mass is 10.1. The molecule has 1 aromatic heterocycles. The van der Waals surface area contributed by atoms with Crippen molar-refractivity contribution < 1.29 is 14.3 Å². The van der Waals surface area contributed by atoms with E-state index in [1.54, 1.807) is 21.7 Å². The maximum absolute atomic E-state index is 13.8. The highest BCUT2D eigenvalue weighted by molar-refractivity contribution is 6.33. The van der Waals surface area contributed by atoms with Gasteiger partial charge in [0.25, 0.3) is 5.91 Å². The van der Waals surface area contributed by atoms with Crippen LogP contribution in [-0.4, -0.2) is 39.8 Å². The van der Waals surface area contributed by atoms with Crippen LogP contribution in [0.4, 0.5) is 0 Å². The molecule has 8 heteroatoms. The average molecular weight is 536 g/mol. The lowest BCUT2D eigenvalue weighted by molar-refractivity contribution is 0.0505. The number of nitrogens with zero attached hydrogens (tertiary/aromatic N) is 3. The summed E-state index contributed by atoms with van der Waals surface area (Å²) in [5.74, 6) is 1.04. The molecule has 0 saturated carbocycles. The summed E-state index contributed by atoms with van der Waals surface area (Å²) in [4.78, 5) is 15.5. The molecule has 6 nitrogen and oxygen atoms in total. The Morgan fingerprint density at radius 2 is 1.78 bits per heavy atom. The van der Waals surface area contributed by atoms with Gasteiger partial charge in [-0.25, -0.2) is 4.68 Å². The van der Waals surface area contributed by atoms with Crippen LogP contribution in [0, 0.1) is 6.92 Å². The average Bonchev–Trinajstić information content (AvgIpc) is 3.53. The van der Waals surface area contributed by atoms with Crippen molar-refractivity contribution >= 4 is 29.1 Å². The Kier molecular flexibility index (Phi) is 7.79. The van der Waals surface area contributed by atoms with Crippen molar-refractivity contribution in [2.24, 2.45) is 0 Å². The molecular formula is C29H27Cl2N3O3. The van der Waals surface area contributed by atoms with E-state index in [2.05, 4.69) is 0 Å². The van der Waals surface area contributed by atoms with E-state index in [4.69, 9.17) is 37.8 Å². The largest absolute Gasteiger partial charge is 0.439 e. The highest BCUT2D eigenvalue weighted by Gasteiger charge is 2.28. The van der Waals surface area contributed by atoms with E-state index in [0.29, 0.717) is 40.4 Å². The van der Waals surface area contributed by atoms with Gasteiger partial charge in [-0.1, -0.05) is 53.5 Å². The molecule has 0 bridgehead atoms. The monoisotopic (exact) mass is 535 g/mol. The summed E-state index contributed by atoms with van der Waals surface area (Å²) in [5.41, 5.74) is 2.81. The highest BCUT2D eigenvalue weighted by Crippen LogP contribution is 2.33. The van der Waals surface area contributed by atoms with Crippen molar-refractivity contribution in [3.63, 3.8) is 0 Å². The predicted octanol–water partition coefficient (Wildman–Crippen LogP) is 7.10. The van der Waals surface area contributed by atoms with E-state index in [0.717, 1.165) is 29.8 Å². The molecule has 0 spiro atoms. The van der Waals surface area contributed by atoms with Gasteiger partial charge in [-0.05, 0) is 68.3 Å². The van der Waals surface area contributed by atoms with Crippen LogP contribution >= 0.6 is 23.2 Å². The summed E-state index contributed by atoms with van der Waals surface area (Å²) in [7, 11) is 0. The molecule has 5 rings (SSSR count). The fourth-order valence-electron chi connectivity index (χ4n) is 4.43. The number of carbonyl (C=O) groups excluding carboxylic acids is 1. The topological polar surface area (TPSA) is 56.6 Å². The summed E-state index contributed by atoms with van der Waals surface area (Å²) in [6.45, 7) is 3.35. The van der Waals surface area contributed by atoms with E-state index >= 15 is 0 Å². The van der Waals surface area contributed by atoms with Crippen LogP contribution in [0.25, 0.3) is 5.69 Å². The zero-order valence-corrected chi connectivity index (χ0v) is 22.0. The number of halogens is 2. The molecule has 0 aliphatic carbocycles. The predicted molar refractivity (Wildman–Crippen MR) is 145 cm³/mol. The Hall–Kier alpha value is -3.32. The lowest BCUT2D eigenvalue weighted by Gasteiger charge is -2.26. The Morgan fingerprint density at radius 1 is 1.05 bits per heavy atom. The van der Waals surface area contributed by atoms with E-state index in [1.807, 2.05) is 73.7 Å². The van der Waals surface area contributed by atoms with E-state index in [9.17, 15) is 4.79 Å². The summed E-state index contributed by atoms with van der Waals surface area (Å²) in [6.07, 6.45) is 1.86. The molecule has 1 fully saturated rings. The molecule has 0 radical (unpaired) electrons. The van der Waals surface area contributed by atoms with Crippen LogP contribution in [0.3, 0.4) is 0 Å². The minimum Gasteiger partial charge on any atom is -0.439 e. The molecule has 190 valence electrons. The fraction of sp³-hybridized carbons (Fsp3) is 0.241. The van der Waals surface area contributed by atoms with Crippen molar-refractivity contribution in [2.75, 3.05) is 13.2 Å². The number of hydrogen-bond donors (Lipinski definition) is 0. The van der Waals surface area contributed by atoms with E-state index in [-0.39, 0.29) is 18.6 Å². The Balaban J connectivity index is 1.56. The number of carbonyl (C=O) groups is 1. The molecule has 0 N–H and O–H groups in total. The molecule has 37 heavy (non-hydrogen) atoms. The van der Waals surface area contributed by atoms with E-state index in [1.165, 1.54) is 0 Å². The summed E-state index contributed by atoms with van der Waals surface area (Å²) >= 11 is 12.6. The zero-order chi connectivity index (χ0) is 25.8. The SMILES string of the molecule is Cc1nn(-c2ccc(Cl)cc2)c(Oc2ccccc2)c1CN(CC1CCCO1)C(=O)c1ccccc1Cl. The number of aryl methyl sites for hydroxylation is 1. The highest BCUT2D eigenvalue weighted by atomic mass is 35.5. The second kappa shape index (κ2) is 11.4. The maximum Gasteiger partial charge on any atom is 0.255 e. The molecule has 3 aromatic carbocycles. The summed E-state index contributed by atoms with van der Waals surface area (Å²) in [5, 5.41) is 5.84. The van der Waals surface area contributed by atoms with Crippen molar-refractivity contribution in [2.45, 2.75) is 32.4 Å². The molecule has 4 aromatic rings. The van der Waals surface area contributed by atoms with Gasteiger partial charge < -0.3 is 14.4 Å². The number of benzene rings is 3. The van der Waals surface area contributed by atoms with Crippen molar-refractivity contribution in [1.82, 2.24) is 14.7 Å². The summed E-state index contributed by atoms with van der Waals surface area (Å²) in [6, 6.07) is 24.0. The smallest absolute Gasteiger partial charge is 0.255 e. The lowest BCUT2D eigenvalue weighted by Crippen LogP contribution is -2.37. The van der Waals surface area contributed by atoms with Crippen molar-refractivity contribution in [3.05, 3.63) is 106 Å². The van der Waals surface area contributed by atoms with Crippen molar-refractivity contribution in [3.8, 4) is 17.3 Å². The van der Waals surface area contributed by atoms with E-state index < -0.39 is 0 Å². The first-order valence-electron chi connectivity index (χ1n) is 12.2. The van der Waals surface area contributed by atoms with Crippen LogP contribution in [0.2, 0.25) is 10.0 Å². The minimum atomic E-state index is -0.162.